The van der Waals surface area contributed by atoms with Gasteiger partial charge in [-0.3, -0.25) is 0 Å². The highest BCUT2D eigenvalue weighted by Gasteiger charge is 2.46. The molecular formula is C19H21ClN4O3. The number of benzene rings is 1. The summed E-state index contributed by atoms with van der Waals surface area (Å²) in [5.74, 6) is -0.165. The summed E-state index contributed by atoms with van der Waals surface area (Å²) >= 11 is 6.06. The number of nitrogens with zero attached hydrogens (tertiary/aromatic N) is 3. The van der Waals surface area contributed by atoms with Crippen LogP contribution in [0.2, 0.25) is 5.02 Å². The molecular weight excluding hydrogens is 368 g/mol. The van der Waals surface area contributed by atoms with Crippen molar-refractivity contribution < 1.29 is 15.3 Å². The third kappa shape index (κ3) is 2.96. The summed E-state index contributed by atoms with van der Waals surface area (Å²) in [6.07, 6.45) is 0.505. The Bertz CT molecular complexity index is 992. The Morgan fingerprint density at radius 3 is 2.74 bits per heavy atom. The van der Waals surface area contributed by atoms with Gasteiger partial charge in [-0.15, -0.1) is 0 Å². The molecule has 5 atom stereocenters. The summed E-state index contributed by atoms with van der Waals surface area (Å²) in [5.41, 5.74) is 7.99. The van der Waals surface area contributed by atoms with E-state index in [9.17, 15) is 15.3 Å². The number of anilines is 1. The molecule has 3 aromatic rings. The van der Waals surface area contributed by atoms with Crippen LogP contribution in [0.1, 0.15) is 29.7 Å². The zero-order valence-electron chi connectivity index (χ0n) is 14.7. The molecule has 0 radical (unpaired) electrons. The molecule has 0 amide bonds. The number of nitrogen functional groups attached to an aromatic ring is 1. The molecule has 0 saturated heterocycles. The second-order valence-electron chi connectivity index (χ2n) is 7.12. The highest BCUT2D eigenvalue weighted by atomic mass is 35.5. The Morgan fingerprint density at radius 1 is 1.22 bits per heavy atom. The normalized spacial score (nSPS) is 26.6. The Hall–Kier alpha value is -2.19. The van der Waals surface area contributed by atoms with Crippen molar-refractivity contribution in [1.29, 1.82) is 0 Å². The SMILES string of the molecule is Cc1cc(C(O)C2CC(n3ccc4c(N)ncnc43)C(O)C2O)ccc1Cl. The predicted molar refractivity (Wildman–Crippen MR) is 102 cm³/mol. The van der Waals surface area contributed by atoms with Gasteiger partial charge in [0.05, 0.1) is 23.6 Å². The fraction of sp³-hybridized carbons (Fsp3) is 0.368. The van der Waals surface area contributed by atoms with Crippen LogP contribution in [0, 0.1) is 12.8 Å². The molecule has 2 aromatic heterocycles. The Balaban J connectivity index is 1.66. The van der Waals surface area contributed by atoms with Gasteiger partial charge < -0.3 is 25.6 Å². The number of hydrogen-bond acceptors (Lipinski definition) is 6. The van der Waals surface area contributed by atoms with Crippen molar-refractivity contribution in [2.24, 2.45) is 5.92 Å². The maximum atomic E-state index is 10.8. The van der Waals surface area contributed by atoms with Crippen LogP contribution in [0.25, 0.3) is 11.0 Å². The van der Waals surface area contributed by atoms with E-state index in [1.807, 2.05) is 6.92 Å². The molecule has 8 heteroatoms. The van der Waals surface area contributed by atoms with Crippen molar-refractivity contribution in [3.8, 4) is 0 Å². The number of halogens is 1. The van der Waals surface area contributed by atoms with Crippen molar-refractivity contribution in [3.63, 3.8) is 0 Å². The third-order valence-corrected chi connectivity index (χ3v) is 5.95. The molecule has 1 fully saturated rings. The number of aliphatic hydroxyl groups excluding tert-OH is 3. The lowest BCUT2D eigenvalue weighted by Gasteiger charge is -2.22. The molecule has 1 saturated carbocycles. The Morgan fingerprint density at radius 2 is 2.00 bits per heavy atom. The van der Waals surface area contributed by atoms with Gasteiger partial charge in [0.1, 0.15) is 23.9 Å². The van der Waals surface area contributed by atoms with Crippen LogP contribution in [0.5, 0.6) is 0 Å². The van der Waals surface area contributed by atoms with E-state index in [1.165, 1.54) is 6.33 Å². The largest absolute Gasteiger partial charge is 0.390 e. The lowest BCUT2D eigenvalue weighted by Crippen LogP contribution is -2.31. The van der Waals surface area contributed by atoms with Gasteiger partial charge in [-0.05, 0) is 36.6 Å². The number of aryl methyl sites for hydroxylation is 1. The van der Waals surface area contributed by atoms with Crippen LogP contribution in [0.15, 0.2) is 36.8 Å². The minimum Gasteiger partial charge on any atom is -0.390 e. The van der Waals surface area contributed by atoms with E-state index >= 15 is 0 Å². The van der Waals surface area contributed by atoms with E-state index in [1.54, 1.807) is 35.0 Å². The minimum atomic E-state index is -1.07. The summed E-state index contributed by atoms with van der Waals surface area (Å²) in [5, 5.41) is 33.4. The zero-order chi connectivity index (χ0) is 19.3. The van der Waals surface area contributed by atoms with Gasteiger partial charge in [-0.2, -0.15) is 0 Å². The molecule has 7 nitrogen and oxygen atoms in total. The number of fused-ring (bicyclic) bond motifs is 1. The molecule has 0 spiro atoms. The first-order valence-corrected chi connectivity index (χ1v) is 9.13. The third-order valence-electron chi connectivity index (χ3n) is 5.52. The zero-order valence-corrected chi connectivity index (χ0v) is 15.5. The number of aliphatic hydroxyl groups is 3. The monoisotopic (exact) mass is 388 g/mol. The van der Waals surface area contributed by atoms with E-state index in [0.717, 1.165) is 5.56 Å². The molecule has 2 heterocycles. The smallest absolute Gasteiger partial charge is 0.145 e. The Kier molecular flexibility index (Phi) is 4.55. The quantitative estimate of drug-likeness (QED) is 0.545. The topological polar surface area (TPSA) is 117 Å². The van der Waals surface area contributed by atoms with Crippen molar-refractivity contribution in [1.82, 2.24) is 14.5 Å². The van der Waals surface area contributed by atoms with Crippen LogP contribution in [0.4, 0.5) is 5.82 Å². The molecule has 27 heavy (non-hydrogen) atoms. The van der Waals surface area contributed by atoms with Crippen LogP contribution in [-0.2, 0) is 0 Å². The molecule has 5 N–H and O–H groups in total. The molecule has 142 valence electrons. The summed E-state index contributed by atoms with van der Waals surface area (Å²) in [6.45, 7) is 1.86. The minimum absolute atomic E-state index is 0.361. The molecule has 0 bridgehead atoms. The molecule has 4 rings (SSSR count). The standard InChI is InChI=1S/C19H21ClN4O3/c1-9-6-10(2-3-13(9)20)15(25)12-7-14(17(27)16(12)26)24-5-4-11-18(21)22-8-23-19(11)24/h2-6,8,12,14-17,25-27H,7H2,1H3,(H2,21,22,23). The van der Waals surface area contributed by atoms with Crippen LogP contribution in [-0.4, -0.2) is 42.1 Å². The Labute approximate surface area is 161 Å². The number of rotatable bonds is 3. The van der Waals surface area contributed by atoms with Gasteiger partial charge in [0.25, 0.3) is 0 Å². The number of nitrogens with two attached hydrogens (primary N) is 1. The maximum Gasteiger partial charge on any atom is 0.145 e. The first-order chi connectivity index (χ1) is 12.9. The first kappa shape index (κ1) is 18.2. The van der Waals surface area contributed by atoms with E-state index in [-0.39, 0.29) is 0 Å². The van der Waals surface area contributed by atoms with Crippen molar-refractivity contribution >= 4 is 28.5 Å². The van der Waals surface area contributed by atoms with Gasteiger partial charge >= 0.3 is 0 Å². The van der Waals surface area contributed by atoms with E-state index in [4.69, 9.17) is 17.3 Å². The fourth-order valence-corrected chi connectivity index (χ4v) is 4.11. The second-order valence-corrected chi connectivity index (χ2v) is 7.53. The molecule has 1 aliphatic carbocycles. The van der Waals surface area contributed by atoms with Crippen molar-refractivity contribution in [3.05, 3.63) is 52.9 Å². The predicted octanol–water partition coefficient (Wildman–Crippen LogP) is 1.99. The van der Waals surface area contributed by atoms with Gasteiger partial charge in [0.2, 0.25) is 0 Å². The average molecular weight is 389 g/mol. The summed E-state index contributed by atoms with van der Waals surface area (Å²) in [4.78, 5) is 8.23. The fourth-order valence-electron chi connectivity index (χ4n) is 3.99. The highest BCUT2D eigenvalue weighted by molar-refractivity contribution is 6.31. The van der Waals surface area contributed by atoms with E-state index in [2.05, 4.69) is 9.97 Å². The first-order valence-electron chi connectivity index (χ1n) is 8.75. The van der Waals surface area contributed by atoms with Crippen LogP contribution in [0.3, 0.4) is 0 Å². The van der Waals surface area contributed by atoms with Gasteiger partial charge in [0, 0.05) is 17.1 Å². The number of hydrogen-bond donors (Lipinski definition) is 4. The van der Waals surface area contributed by atoms with E-state index < -0.39 is 30.3 Å². The van der Waals surface area contributed by atoms with Gasteiger partial charge in [0.15, 0.2) is 0 Å². The average Bonchev–Trinajstić information content (AvgIpc) is 3.20. The molecule has 0 aliphatic heterocycles. The summed E-state index contributed by atoms with van der Waals surface area (Å²) in [6, 6.07) is 6.63. The molecule has 1 aromatic carbocycles. The summed E-state index contributed by atoms with van der Waals surface area (Å²) < 4.78 is 1.79. The summed E-state index contributed by atoms with van der Waals surface area (Å²) in [7, 11) is 0. The van der Waals surface area contributed by atoms with E-state index in [0.29, 0.717) is 33.9 Å². The molecule has 1 aliphatic rings. The van der Waals surface area contributed by atoms with Gasteiger partial charge in [-0.25, -0.2) is 9.97 Å². The lowest BCUT2D eigenvalue weighted by molar-refractivity contribution is -0.0264. The van der Waals surface area contributed by atoms with Crippen molar-refractivity contribution in [2.75, 3.05) is 5.73 Å². The molecule has 5 unspecified atom stereocenters. The maximum absolute atomic E-state index is 10.8. The van der Waals surface area contributed by atoms with Gasteiger partial charge in [-0.1, -0.05) is 23.7 Å². The van der Waals surface area contributed by atoms with Crippen LogP contribution < -0.4 is 5.73 Å². The second kappa shape index (κ2) is 6.76. The van der Waals surface area contributed by atoms with Crippen molar-refractivity contribution in [2.45, 2.75) is 37.7 Å². The van der Waals surface area contributed by atoms with Crippen LogP contribution >= 0.6 is 11.6 Å². The lowest BCUT2D eigenvalue weighted by atomic mass is 9.91. The number of aromatic nitrogens is 3. The highest BCUT2D eigenvalue weighted by Crippen LogP contribution is 2.43.